The van der Waals surface area contributed by atoms with E-state index in [0.717, 1.165) is 17.4 Å². The van der Waals surface area contributed by atoms with E-state index in [1.54, 1.807) is 58.0 Å². The van der Waals surface area contributed by atoms with Gasteiger partial charge in [0.15, 0.2) is 0 Å². The SMILES string of the molecule is CCC(NC(=O)[C@@H]1C[C@@H](OCc2ccccc2)CN1C(=O)[C@@H](NC(=O)[C@@H](NC(=O)[C@@H](CCC(=O)O)NC(=O)[C@H](CC(=O)O)NC(C)=O)[C@@H](C)CC)C(C)C)C(=O)C(F)(F)F. The molecule has 8 atom stereocenters. The van der Waals surface area contributed by atoms with Crippen molar-refractivity contribution in [1.82, 2.24) is 31.5 Å². The smallest absolute Gasteiger partial charge is 0.452 e. The second kappa shape index (κ2) is 23.3. The number of carboxylic acids is 2. The average Bonchev–Trinajstić information content (AvgIpc) is 3.61. The third-order valence-electron chi connectivity index (χ3n) is 9.87. The number of nitrogens with one attached hydrogen (secondary N) is 5. The number of likely N-dealkylation sites (tertiary alicyclic amines) is 1. The van der Waals surface area contributed by atoms with Gasteiger partial charge in [-0.1, -0.05) is 71.4 Å². The molecule has 1 fully saturated rings. The molecule has 1 saturated heterocycles. The van der Waals surface area contributed by atoms with Gasteiger partial charge in [0.2, 0.25) is 35.4 Å². The zero-order valence-electron chi connectivity index (χ0n) is 34.3. The first-order valence-corrected chi connectivity index (χ1v) is 19.5. The summed E-state index contributed by atoms with van der Waals surface area (Å²) in [4.78, 5) is 116. The van der Waals surface area contributed by atoms with E-state index in [2.05, 4.69) is 26.6 Å². The number of hydrogen-bond acceptors (Lipinski definition) is 10. The van der Waals surface area contributed by atoms with Crippen molar-refractivity contribution in [1.29, 1.82) is 0 Å². The van der Waals surface area contributed by atoms with Crippen molar-refractivity contribution in [3.63, 3.8) is 0 Å². The molecule has 6 amide bonds. The summed E-state index contributed by atoms with van der Waals surface area (Å²) in [5.41, 5.74) is 0.758. The molecule has 18 nitrogen and oxygen atoms in total. The average molecular weight is 857 g/mol. The number of benzene rings is 1. The monoisotopic (exact) mass is 856 g/mol. The lowest BCUT2D eigenvalue weighted by Crippen LogP contribution is -2.61. The topological polar surface area (TPSA) is 267 Å². The van der Waals surface area contributed by atoms with E-state index < -0.39 is 139 Å². The number of hydrogen-bond donors (Lipinski definition) is 7. The van der Waals surface area contributed by atoms with E-state index in [0.29, 0.717) is 0 Å². The molecule has 1 aliphatic heterocycles. The van der Waals surface area contributed by atoms with Crippen molar-refractivity contribution in [3.05, 3.63) is 35.9 Å². The molecule has 0 radical (unpaired) electrons. The summed E-state index contributed by atoms with van der Waals surface area (Å²) in [5.74, 6) is -12.0. The number of Topliss-reactive ketones (excluding diaryl/α,β-unsaturated/α-hetero) is 1. The van der Waals surface area contributed by atoms with Gasteiger partial charge in [-0.25, -0.2) is 0 Å². The summed E-state index contributed by atoms with van der Waals surface area (Å²) in [5, 5.41) is 30.2. The molecule has 1 aromatic carbocycles. The molecular formula is C39H55F3N6O12. The van der Waals surface area contributed by atoms with Crippen molar-refractivity contribution in [2.45, 2.75) is 135 Å². The molecule has 1 aromatic rings. The maximum absolute atomic E-state index is 14.4. The number of aliphatic carboxylic acids is 2. The minimum absolute atomic E-state index is 0.0635. The standard InChI is InChI=1S/C39H55F3N6O12/c1-7-21(5)32(47-34(55)26(14-15-29(50)51)45-35(56)27(17-30(52)53)43-22(6)49)37(58)46-31(20(3)4)38(59)48-18-24(60-19-23-12-10-9-11-13-23)16-28(48)36(57)44-25(8-2)33(54)39(40,41)42/h9-13,20-21,24-28,31-32H,7-8,14-19H2,1-6H3,(H,43,49)(H,44,57)(H,45,56)(H,46,58)(H,47,55)(H,50,51)(H,52,53)/t21-,24+,25?,26+,27-,28-,31-,32-/m0/s1. The lowest BCUT2D eigenvalue weighted by Gasteiger charge is -2.33. The van der Waals surface area contributed by atoms with Crippen LogP contribution in [0.1, 0.15) is 85.6 Å². The van der Waals surface area contributed by atoms with Gasteiger partial charge in [0.1, 0.15) is 30.2 Å². The maximum atomic E-state index is 14.4. The van der Waals surface area contributed by atoms with E-state index in [1.165, 1.54) is 6.92 Å². The van der Waals surface area contributed by atoms with E-state index >= 15 is 0 Å². The molecule has 0 spiro atoms. The Bertz CT molecular complexity index is 1700. The van der Waals surface area contributed by atoms with Crippen LogP contribution in [0.5, 0.6) is 0 Å². The Hall–Kier alpha value is -5.60. The van der Waals surface area contributed by atoms with Crippen LogP contribution in [0.25, 0.3) is 0 Å². The van der Waals surface area contributed by atoms with Crippen molar-refractivity contribution in [3.8, 4) is 0 Å². The fourth-order valence-corrected chi connectivity index (χ4v) is 6.35. The second-order valence-corrected chi connectivity index (χ2v) is 14.9. The fourth-order valence-electron chi connectivity index (χ4n) is 6.35. The highest BCUT2D eigenvalue weighted by molar-refractivity contribution is 5.98. The molecule has 60 heavy (non-hydrogen) atoms. The Labute approximate surface area is 345 Å². The number of nitrogens with zero attached hydrogens (tertiary/aromatic N) is 1. The first-order valence-electron chi connectivity index (χ1n) is 19.5. The number of carbonyl (C=O) groups is 9. The number of ketones is 1. The quantitative estimate of drug-likeness (QED) is 0.0819. The van der Waals surface area contributed by atoms with Crippen LogP contribution in [0.4, 0.5) is 13.2 Å². The van der Waals surface area contributed by atoms with Crippen molar-refractivity contribution >= 4 is 53.2 Å². The van der Waals surface area contributed by atoms with Gasteiger partial charge >= 0.3 is 18.1 Å². The van der Waals surface area contributed by atoms with Gasteiger partial charge in [-0.05, 0) is 30.2 Å². The molecule has 2 rings (SSSR count). The number of alkyl halides is 3. The van der Waals surface area contributed by atoms with Crippen LogP contribution in [-0.2, 0) is 54.5 Å². The number of ether oxygens (including phenoxy) is 1. The minimum Gasteiger partial charge on any atom is -0.481 e. The zero-order valence-corrected chi connectivity index (χ0v) is 34.3. The lowest BCUT2D eigenvalue weighted by atomic mass is 9.95. The third-order valence-corrected chi connectivity index (χ3v) is 9.87. The molecular weight excluding hydrogens is 801 g/mol. The number of carboxylic acid groups (broad SMARTS) is 2. The van der Waals surface area contributed by atoms with Crippen LogP contribution in [0, 0.1) is 11.8 Å². The highest BCUT2D eigenvalue weighted by Gasteiger charge is 2.47. The van der Waals surface area contributed by atoms with Crippen LogP contribution in [0.3, 0.4) is 0 Å². The van der Waals surface area contributed by atoms with Gasteiger partial charge < -0.3 is 46.4 Å². The van der Waals surface area contributed by atoms with Gasteiger partial charge in [-0.2, -0.15) is 13.2 Å². The summed E-state index contributed by atoms with van der Waals surface area (Å²) in [7, 11) is 0. The molecule has 334 valence electrons. The van der Waals surface area contributed by atoms with Crippen molar-refractivity contribution in [2.75, 3.05) is 6.54 Å². The van der Waals surface area contributed by atoms with Gasteiger partial charge in [-0.15, -0.1) is 0 Å². The summed E-state index contributed by atoms with van der Waals surface area (Å²) >= 11 is 0. The predicted octanol–water partition coefficient (Wildman–Crippen LogP) is 1.20. The molecule has 1 aliphatic rings. The van der Waals surface area contributed by atoms with Gasteiger partial charge in [0.05, 0.1) is 25.2 Å². The van der Waals surface area contributed by atoms with Crippen molar-refractivity contribution < 1.29 is 71.3 Å². The highest BCUT2D eigenvalue weighted by Crippen LogP contribution is 2.26. The highest BCUT2D eigenvalue weighted by atomic mass is 19.4. The van der Waals surface area contributed by atoms with Crippen LogP contribution in [-0.4, -0.2) is 123 Å². The van der Waals surface area contributed by atoms with Crippen LogP contribution < -0.4 is 26.6 Å². The predicted molar refractivity (Wildman–Crippen MR) is 205 cm³/mol. The molecule has 1 unspecified atom stereocenters. The third kappa shape index (κ3) is 15.5. The Morgan fingerprint density at radius 1 is 0.783 bits per heavy atom. The number of rotatable bonds is 23. The van der Waals surface area contributed by atoms with Crippen LogP contribution >= 0.6 is 0 Å². The molecule has 21 heteroatoms. The molecule has 0 saturated carbocycles. The zero-order chi connectivity index (χ0) is 45.5. The number of amides is 6. The summed E-state index contributed by atoms with van der Waals surface area (Å²) in [6, 6.07) is -0.544. The molecule has 0 aliphatic carbocycles. The fraction of sp³-hybridized carbons (Fsp3) is 0.615. The Balaban J connectivity index is 2.42. The summed E-state index contributed by atoms with van der Waals surface area (Å²) < 4.78 is 46.0. The molecule has 7 N–H and O–H groups in total. The largest absolute Gasteiger partial charge is 0.481 e. The lowest BCUT2D eigenvalue weighted by molar-refractivity contribution is -0.174. The van der Waals surface area contributed by atoms with Gasteiger partial charge in [0.25, 0.3) is 5.78 Å². The van der Waals surface area contributed by atoms with Gasteiger partial charge in [0, 0.05) is 26.3 Å². The van der Waals surface area contributed by atoms with E-state index in [9.17, 15) is 66.5 Å². The van der Waals surface area contributed by atoms with E-state index in [-0.39, 0.29) is 26.0 Å². The Morgan fingerprint density at radius 2 is 1.38 bits per heavy atom. The normalized spacial score (nSPS) is 18.2. The van der Waals surface area contributed by atoms with Crippen LogP contribution in [0.2, 0.25) is 0 Å². The van der Waals surface area contributed by atoms with E-state index in [4.69, 9.17) is 4.74 Å². The molecule has 1 heterocycles. The summed E-state index contributed by atoms with van der Waals surface area (Å²) in [6.45, 7) is 8.57. The minimum atomic E-state index is -5.24. The number of halogens is 3. The Morgan fingerprint density at radius 3 is 1.90 bits per heavy atom. The first kappa shape index (κ1) is 50.5. The van der Waals surface area contributed by atoms with E-state index in [1.807, 2.05) is 0 Å². The van der Waals surface area contributed by atoms with Crippen molar-refractivity contribution in [2.24, 2.45) is 11.8 Å². The molecule has 0 aromatic heterocycles. The van der Waals surface area contributed by atoms with Gasteiger partial charge in [-0.3, -0.25) is 43.2 Å². The maximum Gasteiger partial charge on any atom is 0.452 e. The second-order valence-electron chi connectivity index (χ2n) is 14.9. The first-order chi connectivity index (χ1) is 28.0. The molecule has 0 bridgehead atoms. The van der Waals surface area contributed by atoms with Crippen LogP contribution in [0.15, 0.2) is 30.3 Å². The number of carbonyl (C=O) groups excluding carboxylic acids is 7. The summed E-state index contributed by atoms with van der Waals surface area (Å²) in [6.07, 6.45) is -8.34. The Kier molecular flexibility index (Phi) is 19.6.